The molecule has 2 atom stereocenters. The number of carbonyl (C=O) groups is 1. The number of fused-ring (bicyclic) bond motifs is 5. The molecule has 4 rings (SSSR count). The molecule has 0 unspecified atom stereocenters. The lowest BCUT2D eigenvalue weighted by atomic mass is 9.82. The Morgan fingerprint density at radius 3 is 3.13 bits per heavy atom. The van der Waals surface area contributed by atoms with Crippen molar-refractivity contribution >= 4 is 28.5 Å². The number of hydrogen-bond acceptors (Lipinski definition) is 3. The lowest BCUT2D eigenvalue weighted by Gasteiger charge is -2.43. The van der Waals surface area contributed by atoms with E-state index in [1.807, 2.05) is 25.1 Å². The minimum atomic E-state index is -0.0775. The second-order valence-electron chi connectivity index (χ2n) is 6.44. The summed E-state index contributed by atoms with van der Waals surface area (Å²) in [4.78, 5) is 18.4. The Kier molecular flexibility index (Phi) is 3.82. The molecule has 122 valence electrons. The Bertz CT molecular complexity index is 755. The van der Waals surface area contributed by atoms with Gasteiger partial charge in [0.1, 0.15) is 0 Å². The van der Waals surface area contributed by atoms with Crippen molar-refractivity contribution in [1.29, 1.82) is 0 Å². The van der Waals surface area contributed by atoms with E-state index in [4.69, 9.17) is 16.3 Å². The lowest BCUT2D eigenvalue weighted by Crippen LogP contribution is -2.46. The SMILES string of the molecule is CCOC(=O)[C@H]1CCCN2CCc3c([nH]c4ccc(Cl)cc34)[C@H]12. The zero-order chi connectivity index (χ0) is 16.0. The van der Waals surface area contributed by atoms with E-state index in [1.54, 1.807) is 0 Å². The van der Waals surface area contributed by atoms with E-state index in [1.165, 1.54) is 16.6 Å². The Labute approximate surface area is 140 Å². The Hall–Kier alpha value is -1.52. The fraction of sp³-hybridized carbons (Fsp3) is 0.500. The third kappa shape index (κ3) is 2.45. The van der Waals surface area contributed by atoms with Gasteiger partial charge < -0.3 is 9.72 Å². The number of aromatic amines is 1. The number of esters is 1. The molecule has 0 aliphatic carbocycles. The highest BCUT2D eigenvalue weighted by atomic mass is 35.5. The maximum atomic E-state index is 12.4. The van der Waals surface area contributed by atoms with E-state index < -0.39 is 0 Å². The Balaban J connectivity index is 1.80. The average Bonchev–Trinajstić information content (AvgIpc) is 2.92. The number of benzene rings is 1. The van der Waals surface area contributed by atoms with Crippen LogP contribution in [0.25, 0.3) is 10.9 Å². The molecule has 0 amide bonds. The Morgan fingerprint density at radius 2 is 2.30 bits per heavy atom. The molecule has 23 heavy (non-hydrogen) atoms. The van der Waals surface area contributed by atoms with Gasteiger partial charge in [-0.3, -0.25) is 9.69 Å². The number of rotatable bonds is 2. The standard InChI is InChI=1S/C18H21ClN2O2/c1-2-23-18(22)13-4-3-8-21-9-7-12-14-10-11(19)5-6-15(14)20-16(12)17(13)21/h5-6,10,13,17,20H,2-4,7-9H2,1H3/t13-,17-/m0/s1. The maximum Gasteiger partial charge on any atom is 0.310 e. The van der Waals surface area contributed by atoms with Crippen LogP contribution >= 0.6 is 11.6 Å². The summed E-state index contributed by atoms with van der Waals surface area (Å²) in [7, 11) is 0. The van der Waals surface area contributed by atoms with Crippen LogP contribution in [0.4, 0.5) is 0 Å². The molecule has 3 heterocycles. The number of nitrogens with one attached hydrogen (secondary N) is 1. The van der Waals surface area contributed by atoms with Crippen LogP contribution in [0.1, 0.15) is 37.1 Å². The van der Waals surface area contributed by atoms with Gasteiger partial charge in [0.05, 0.1) is 18.6 Å². The minimum Gasteiger partial charge on any atom is -0.466 e. The van der Waals surface area contributed by atoms with Crippen molar-refractivity contribution in [2.24, 2.45) is 5.92 Å². The van der Waals surface area contributed by atoms with Gasteiger partial charge in [0.15, 0.2) is 0 Å². The van der Waals surface area contributed by atoms with Crippen molar-refractivity contribution in [3.8, 4) is 0 Å². The number of nitrogens with zero attached hydrogens (tertiary/aromatic N) is 1. The molecule has 1 saturated heterocycles. The van der Waals surface area contributed by atoms with Crippen LogP contribution in [0.2, 0.25) is 5.02 Å². The van der Waals surface area contributed by atoms with Gasteiger partial charge in [0.25, 0.3) is 0 Å². The summed E-state index contributed by atoms with van der Waals surface area (Å²) in [5, 5.41) is 1.95. The molecule has 5 heteroatoms. The number of H-pyrrole nitrogens is 1. The highest BCUT2D eigenvalue weighted by Gasteiger charge is 2.42. The van der Waals surface area contributed by atoms with E-state index in [2.05, 4.69) is 9.88 Å². The molecule has 0 radical (unpaired) electrons. The molecule has 0 saturated carbocycles. The van der Waals surface area contributed by atoms with Crippen LogP contribution in [-0.2, 0) is 16.0 Å². The third-order valence-corrected chi connectivity index (χ3v) is 5.41. The molecule has 0 spiro atoms. The van der Waals surface area contributed by atoms with Gasteiger partial charge in [-0.05, 0) is 56.5 Å². The van der Waals surface area contributed by atoms with Crippen molar-refractivity contribution in [1.82, 2.24) is 9.88 Å². The van der Waals surface area contributed by atoms with E-state index in [9.17, 15) is 4.79 Å². The van der Waals surface area contributed by atoms with Crippen molar-refractivity contribution < 1.29 is 9.53 Å². The highest BCUT2D eigenvalue weighted by molar-refractivity contribution is 6.31. The smallest absolute Gasteiger partial charge is 0.310 e. The first-order valence-electron chi connectivity index (χ1n) is 8.39. The third-order valence-electron chi connectivity index (χ3n) is 5.17. The zero-order valence-corrected chi connectivity index (χ0v) is 14.0. The first-order valence-corrected chi connectivity index (χ1v) is 8.77. The summed E-state index contributed by atoms with van der Waals surface area (Å²) >= 11 is 6.18. The first kappa shape index (κ1) is 15.0. The molecule has 4 nitrogen and oxygen atoms in total. The molecular formula is C18H21ClN2O2. The summed E-state index contributed by atoms with van der Waals surface area (Å²) in [5.74, 6) is -0.141. The summed E-state index contributed by atoms with van der Waals surface area (Å²) in [6.45, 7) is 4.36. The van der Waals surface area contributed by atoms with E-state index >= 15 is 0 Å². The van der Waals surface area contributed by atoms with Crippen molar-refractivity contribution in [3.05, 3.63) is 34.5 Å². The van der Waals surface area contributed by atoms with Gasteiger partial charge >= 0.3 is 5.97 Å². The summed E-state index contributed by atoms with van der Waals surface area (Å²) in [6.07, 6.45) is 2.96. The van der Waals surface area contributed by atoms with Crippen molar-refractivity contribution in [2.75, 3.05) is 19.7 Å². The Morgan fingerprint density at radius 1 is 1.43 bits per heavy atom. The van der Waals surface area contributed by atoms with Crippen molar-refractivity contribution in [3.63, 3.8) is 0 Å². The van der Waals surface area contributed by atoms with Crippen LogP contribution in [0.3, 0.4) is 0 Å². The molecular weight excluding hydrogens is 312 g/mol. The van der Waals surface area contributed by atoms with Crippen LogP contribution in [0.5, 0.6) is 0 Å². The lowest BCUT2D eigenvalue weighted by molar-refractivity contribution is -0.153. The van der Waals surface area contributed by atoms with Gasteiger partial charge in [0, 0.05) is 28.2 Å². The molecule has 1 N–H and O–H groups in total. The molecule has 1 aromatic carbocycles. The number of carbonyl (C=O) groups excluding carboxylic acids is 1. The van der Waals surface area contributed by atoms with Crippen LogP contribution in [0, 0.1) is 5.92 Å². The van der Waals surface area contributed by atoms with Crippen LogP contribution < -0.4 is 0 Å². The average molecular weight is 333 g/mol. The van der Waals surface area contributed by atoms with Gasteiger partial charge in [-0.15, -0.1) is 0 Å². The van der Waals surface area contributed by atoms with Gasteiger partial charge in [-0.25, -0.2) is 0 Å². The van der Waals surface area contributed by atoms with E-state index in [-0.39, 0.29) is 17.9 Å². The normalized spacial score (nSPS) is 24.3. The number of hydrogen-bond donors (Lipinski definition) is 1. The fourth-order valence-corrected chi connectivity index (χ4v) is 4.39. The van der Waals surface area contributed by atoms with Crippen LogP contribution in [0.15, 0.2) is 18.2 Å². The number of piperidine rings is 1. The molecule has 0 bridgehead atoms. The monoisotopic (exact) mass is 332 g/mol. The molecule has 1 aromatic heterocycles. The molecule has 1 fully saturated rings. The second kappa shape index (κ2) is 5.84. The topological polar surface area (TPSA) is 45.3 Å². The van der Waals surface area contributed by atoms with Gasteiger partial charge in [0.2, 0.25) is 0 Å². The van der Waals surface area contributed by atoms with Gasteiger partial charge in [-0.1, -0.05) is 11.6 Å². The van der Waals surface area contributed by atoms with E-state index in [0.29, 0.717) is 6.61 Å². The number of ether oxygens (including phenoxy) is 1. The predicted molar refractivity (Wildman–Crippen MR) is 90.7 cm³/mol. The second-order valence-corrected chi connectivity index (χ2v) is 6.88. The zero-order valence-electron chi connectivity index (χ0n) is 13.3. The maximum absolute atomic E-state index is 12.4. The van der Waals surface area contributed by atoms with Gasteiger partial charge in [-0.2, -0.15) is 0 Å². The fourth-order valence-electron chi connectivity index (χ4n) is 4.21. The molecule has 2 aliphatic heterocycles. The minimum absolute atomic E-state index is 0.0632. The summed E-state index contributed by atoms with van der Waals surface area (Å²) in [6, 6.07) is 6.08. The number of halogens is 1. The van der Waals surface area contributed by atoms with Crippen molar-refractivity contribution in [2.45, 2.75) is 32.2 Å². The largest absolute Gasteiger partial charge is 0.466 e. The quantitative estimate of drug-likeness (QED) is 0.853. The first-order chi connectivity index (χ1) is 11.2. The van der Waals surface area contributed by atoms with Crippen LogP contribution in [-0.4, -0.2) is 35.5 Å². The summed E-state index contributed by atoms with van der Waals surface area (Å²) < 4.78 is 5.34. The number of aromatic nitrogens is 1. The van der Waals surface area contributed by atoms with E-state index in [0.717, 1.165) is 42.9 Å². The predicted octanol–water partition coefficient (Wildman–Crippen LogP) is 3.69. The highest BCUT2D eigenvalue weighted by Crippen LogP contribution is 2.43. The molecule has 2 aliphatic rings. The molecule has 2 aromatic rings. The summed E-state index contributed by atoms with van der Waals surface area (Å²) in [5.41, 5.74) is 3.61.